The molecule has 0 aliphatic carbocycles. The number of anilines is 1. The van der Waals surface area contributed by atoms with Crippen molar-refractivity contribution in [1.82, 2.24) is 4.90 Å². The van der Waals surface area contributed by atoms with Gasteiger partial charge in [-0.15, -0.1) is 0 Å². The lowest BCUT2D eigenvalue weighted by Crippen LogP contribution is -2.48. The van der Waals surface area contributed by atoms with Gasteiger partial charge in [0.05, 0.1) is 10.6 Å². The molecule has 2 aromatic rings. The molecule has 0 saturated carbocycles. The monoisotopic (exact) mass is 491 g/mol. The van der Waals surface area contributed by atoms with Gasteiger partial charge in [-0.1, -0.05) is 25.1 Å². The van der Waals surface area contributed by atoms with E-state index in [0.29, 0.717) is 19.1 Å². The van der Waals surface area contributed by atoms with Gasteiger partial charge >= 0.3 is 0 Å². The summed E-state index contributed by atoms with van der Waals surface area (Å²) in [6.07, 6.45) is 3.94. The first-order valence-electron chi connectivity index (χ1n) is 12.5. The molecule has 1 amide bonds. The van der Waals surface area contributed by atoms with Gasteiger partial charge in [0.15, 0.2) is 5.17 Å². The van der Waals surface area contributed by atoms with Gasteiger partial charge in [-0.2, -0.15) is 0 Å². The molecular weight excluding hydrogens is 454 g/mol. The van der Waals surface area contributed by atoms with Crippen LogP contribution in [-0.4, -0.2) is 48.3 Å². The fourth-order valence-corrected chi connectivity index (χ4v) is 6.33. The first-order valence-corrected chi connectivity index (χ1v) is 13.3. The Kier molecular flexibility index (Phi) is 7.72. The number of rotatable bonds is 7. The van der Waals surface area contributed by atoms with Crippen LogP contribution in [0, 0.1) is 6.92 Å². The third kappa shape index (κ3) is 5.34. The fraction of sp³-hybridized carbons (Fsp3) is 0.448. The number of aryl methyl sites for hydroxylation is 1. The average Bonchev–Trinajstić information content (AvgIpc) is 3.09. The number of methoxy groups -OCH3 is 1. The van der Waals surface area contributed by atoms with E-state index in [0.717, 1.165) is 40.7 Å². The molecule has 0 bridgehead atoms. The number of amidine groups is 1. The smallest absolute Gasteiger partial charge is 0.266 e. The molecule has 2 heterocycles. The Balaban J connectivity index is 1.70. The van der Waals surface area contributed by atoms with E-state index in [1.165, 1.54) is 28.6 Å². The van der Waals surface area contributed by atoms with Crippen LogP contribution < -0.4 is 4.90 Å². The number of hydrogen-bond donors (Lipinski definition) is 0. The largest absolute Gasteiger partial charge is 0.385 e. The van der Waals surface area contributed by atoms with Gasteiger partial charge in [0.25, 0.3) is 5.91 Å². The Morgan fingerprint density at radius 2 is 1.97 bits per heavy atom. The van der Waals surface area contributed by atoms with Gasteiger partial charge in [-0.05, 0) is 105 Å². The Labute approximate surface area is 214 Å². The van der Waals surface area contributed by atoms with Gasteiger partial charge in [0.2, 0.25) is 0 Å². The Bertz CT molecular complexity index is 1140. The van der Waals surface area contributed by atoms with Crippen LogP contribution in [0.3, 0.4) is 0 Å². The zero-order chi connectivity index (χ0) is 25.2. The maximum atomic E-state index is 13.5. The lowest BCUT2D eigenvalue weighted by molar-refractivity contribution is -0.122. The number of carbonyl (C=O) groups excluding carboxylic acids is 1. The molecule has 4 rings (SSSR count). The molecule has 6 heteroatoms. The molecule has 1 atom stereocenters. The highest BCUT2D eigenvalue weighted by atomic mass is 32.2. The summed E-state index contributed by atoms with van der Waals surface area (Å²) < 4.78 is 5.22. The van der Waals surface area contributed by atoms with E-state index in [1.807, 2.05) is 30.3 Å². The summed E-state index contributed by atoms with van der Waals surface area (Å²) in [6.45, 7) is 13.5. The van der Waals surface area contributed by atoms with E-state index >= 15 is 0 Å². The normalized spacial score (nSPS) is 21.8. The number of fused-ring (bicyclic) bond motifs is 1. The number of carbonyl (C=O) groups is 1. The molecule has 0 radical (unpaired) electrons. The van der Waals surface area contributed by atoms with E-state index < -0.39 is 0 Å². The highest BCUT2D eigenvalue weighted by Gasteiger charge is 2.36. The van der Waals surface area contributed by atoms with Crippen molar-refractivity contribution in [1.29, 1.82) is 0 Å². The van der Waals surface area contributed by atoms with Gasteiger partial charge in [-0.25, -0.2) is 4.99 Å². The molecule has 186 valence electrons. The molecule has 0 aromatic heterocycles. The van der Waals surface area contributed by atoms with Gasteiger partial charge in [0.1, 0.15) is 0 Å². The third-order valence-corrected chi connectivity index (χ3v) is 7.98. The number of aliphatic imine (C=N–C) groups is 1. The number of amides is 1. The molecule has 1 fully saturated rings. The zero-order valence-electron chi connectivity index (χ0n) is 21.8. The zero-order valence-corrected chi connectivity index (χ0v) is 22.6. The minimum absolute atomic E-state index is 0.0160. The lowest BCUT2D eigenvalue weighted by atomic mass is 9.79. The van der Waals surface area contributed by atoms with Crippen LogP contribution >= 0.6 is 11.8 Å². The summed E-state index contributed by atoms with van der Waals surface area (Å²) in [5.74, 6) is 0.482. The van der Waals surface area contributed by atoms with Crippen LogP contribution in [0.1, 0.15) is 63.1 Å². The van der Waals surface area contributed by atoms with Crippen molar-refractivity contribution in [3.05, 3.63) is 64.1 Å². The van der Waals surface area contributed by atoms with Gasteiger partial charge in [0, 0.05) is 38.0 Å². The quantitative estimate of drug-likeness (QED) is 0.317. The topological polar surface area (TPSA) is 45.1 Å². The van der Waals surface area contributed by atoms with Crippen LogP contribution in [0.25, 0.3) is 6.08 Å². The predicted molar refractivity (Wildman–Crippen MR) is 149 cm³/mol. The maximum absolute atomic E-state index is 13.5. The molecule has 1 saturated heterocycles. The van der Waals surface area contributed by atoms with Crippen molar-refractivity contribution in [3.8, 4) is 0 Å². The van der Waals surface area contributed by atoms with Crippen LogP contribution in [0.15, 0.2) is 52.4 Å². The molecule has 0 spiro atoms. The molecule has 0 unspecified atom stereocenters. The summed E-state index contributed by atoms with van der Waals surface area (Å²) in [7, 11) is 1.69. The molecule has 5 nitrogen and oxygen atoms in total. The fourth-order valence-electron chi connectivity index (χ4n) is 5.31. The summed E-state index contributed by atoms with van der Waals surface area (Å²) in [5.41, 5.74) is 5.98. The van der Waals surface area contributed by atoms with E-state index in [4.69, 9.17) is 9.73 Å². The van der Waals surface area contributed by atoms with Crippen LogP contribution in [-0.2, 0) is 9.53 Å². The second-order valence-corrected chi connectivity index (χ2v) is 11.1. The molecule has 2 aromatic carbocycles. The van der Waals surface area contributed by atoms with Crippen molar-refractivity contribution >= 4 is 40.3 Å². The average molecular weight is 492 g/mol. The SMILES string of the molecule is CCN1c2cc(C)c(/C=C3\SC(=Nc4ccccc4)N(CCCOC)C3=O)cc2[C@H](C)CC1(C)C. The highest BCUT2D eigenvalue weighted by Crippen LogP contribution is 2.45. The standard InChI is InChI=1S/C29H37N3O2S/c1-7-32-25-16-20(2)22(17-24(25)21(3)19-29(32,4)5)18-26-27(33)31(14-11-15-34-6)28(35-26)30-23-12-9-8-10-13-23/h8-10,12-13,16-18,21H,7,11,14-15,19H2,1-6H3/b26-18-,30-28?/t21-/m1/s1. The van der Waals surface area contributed by atoms with E-state index in [9.17, 15) is 4.79 Å². The molecule has 35 heavy (non-hydrogen) atoms. The Morgan fingerprint density at radius 3 is 2.66 bits per heavy atom. The summed E-state index contributed by atoms with van der Waals surface area (Å²) in [4.78, 5) is 23.3. The summed E-state index contributed by atoms with van der Waals surface area (Å²) >= 11 is 1.46. The number of ether oxygens (including phenoxy) is 1. The molecule has 0 N–H and O–H groups in total. The molecular formula is C29H37N3O2S. The number of thioether (sulfide) groups is 1. The molecule has 2 aliphatic rings. The van der Waals surface area contributed by atoms with E-state index in [2.05, 4.69) is 57.7 Å². The lowest BCUT2D eigenvalue weighted by Gasteiger charge is -2.47. The summed E-state index contributed by atoms with van der Waals surface area (Å²) in [6, 6.07) is 14.4. The number of nitrogens with zero attached hydrogens (tertiary/aromatic N) is 3. The van der Waals surface area contributed by atoms with Crippen LogP contribution in [0.5, 0.6) is 0 Å². The van der Waals surface area contributed by atoms with Crippen LogP contribution in [0.2, 0.25) is 0 Å². The second kappa shape index (κ2) is 10.6. The van der Waals surface area contributed by atoms with E-state index in [-0.39, 0.29) is 11.4 Å². The summed E-state index contributed by atoms with van der Waals surface area (Å²) in [5, 5.41) is 0.728. The van der Waals surface area contributed by atoms with Crippen LogP contribution in [0.4, 0.5) is 11.4 Å². The predicted octanol–water partition coefficient (Wildman–Crippen LogP) is 6.75. The van der Waals surface area contributed by atoms with Crippen molar-refractivity contribution in [2.45, 2.75) is 58.9 Å². The number of para-hydroxylation sites is 1. The van der Waals surface area contributed by atoms with Crippen molar-refractivity contribution in [3.63, 3.8) is 0 Å². The third-order valence-electron chi connectivity index (χ3n) is 6.98. The minimum atomic E-state index is 0.0160. The van der Waals surface area contributed by atoms with Gasteiger partial charge < -0.3 is 9.64 Å². The Morgan fingerprint density at radius 1 is 1.23 bits per heavy atom. The van der Waals surface area contributed by atoms with Gasteiger partial charge in [-0.3, -0.25) is 9.69 Å². The highest BCUT2D eigenvalue weighted by molar-refractivity contribution is 8.18. The van der Waals surface area contributed by atoms with Crippen molar-refractivity contribution in [2.75, 3.05) is 31.7 Å². The first kappa shape index (κ1) is 25.5. The number of benzene rings is 2. The van der Waals surface area contributed by atoms with Crippen molar-refractivity contribution in [2.24, 2.45) is 4.99 Å². The first-order chi connectivity index (χ1) is 16.7. The minimum Gasteiger partial charge on any atom is -0.385 e. The second-order valence-electron chi connectivity index (χ2n) is 10.1. The Hall–Kier alpha value is -2.57. The molecule has 2 aliphatic heterocycles. The van der Waals surface area contributed by atoms with E-state index in [1.54, 1.807) is 12.0 Å². The maximum Gasteiger partial charge on any atom is 0.266 e. The number of hydrogen-bond acceptors (Lipinski definition) is 5. The van der Waals surface area contributed by atoms with Crippen molar-refractivity contribution < 1.29 is 9.53 Å².